The van der Waals surface area contributed by atoms with Crippen LogP contribution in [0.5, 0.6) is 0 Å². The third kappa shape index (κ3) is 4.20. The van der Waals surface area contributed by atoms with Gasteiger partial charge in [0.05, 0.1) is 18.3 Å². The Morgan fingerprint density at radius 3 is 2.77 bits per heavy atom. The van der Waals surface area contributed by atoms with Crippen LogP contribution in [0.2, 0.25) is 0 Å². The molecular formula is C23H22N4OS3. The Labute approximate surface area is 193 Å². The molecular weight excluding hydrogens is 444 g/mol. The summed E-state index contributed by atoms with van der Waals surface area (Å²) in [4.78, 5) is 18.0. The van der Waals surface area contributed by atoms with Crippen molar-refractivity contribution < 1.29 is 4.79 Å². The first-order valence-electron chi connectivity index (χ1n) is 10.2. The Bertz CT molecular complexity index is 1170. The lowest BCUT2D eigenvalue weighted by atomic mass is 9.98. The van der Waals surface area contributed by atoms with Gasteiger partial charge in [0.15, 0.2) is 5.16 Å². The second-order valence-corrected chi connectivity index (χ2v) is 10.4. The van der Waals surface area contributed by atoms with E-state index < -0.39 is 0 Å². The molecule has 0 aliphatic carbocycles. The van der Waals surface area contributed by atoms with Gasteiger partial charge in [0, 0.05) is 16.3 Å². The number of benzene rings is 1. The Hall–Kier alpha value is -2.42. The van der Waals surface area contributed by atoms with Crippen LogP contribution in [0.4, 0.5) is 0 Å². The molecule has 5 rings (SSSR count). The van der Waals surface area contributed by atoms with Crippen LogP contribution in [-0.2, 0) is 17.8 Å². The van der Waals surface area contributed by atoms with E-state index in [1.165, 1.54) is 32.6 Å². The summed E-state index contributed by atoms with van der Waals surface area (Å²) < 4.78 is 2.08. The van der Waals surface area contributed by atoms with E-state index in [0.717, 1.165) is 23.9 Å². The second-order valence-electron chi connectivity index (χ2n) is 7.44. The van der Waals surface area contributed by atoms with Crippen LogP contribution in [0.1, 0.15) is 32.7 Å². The summed E-state index contributed by atoms with van der Waals surface area (Å²) in [6, 6.07) is 16.7. The molecule has 0 radical (unpaired) electrons. The highest BCUT2D eigenvalue weighted by atomic mass is 32.2. The standard InChI is InChI=1S/C23H22N4OS3/c1-16-24-25-23(27(16)14-17-6-3-2-4-7-17)31-15-21(28)26-11-9-19-18(10-13-30-19)22(26)20-8-5-12-29-20/h2-8,10,12-13,22H,9,11,14-15H2,1H3/t22-/m0/s1. The molecule has 0 saturated heterocycles. The average molecular weight is 467 g/mol. The number of amides is 1. The quantitative estimate of drug-likeness (QED) is 0.374. The van der Waals surface area contributed by atoms with Gasteiger partial charge in [0.2, 0.25) is 5.91 Å². The van der Waals surface area contributed by atoms with Crippen molar-refractivity contribution in [2.24, 2.45) is 0 Å². The minimum absolute atomic E-state index is 0.0204. The summed E-state index contributed by atoms with van der Waals surface area (Å²) in [6.07, 6.45) is 0.925. The highest BCUT2D eigenvalue weighted by Gasteiger charge is 2.33. The molecule has 1 aromatic carbocycles. The van der Waals surface area contributed by atoms with E-state index in [2.05, 4.69) is 55.9 Å². The van der Waals surface area contributed by atoms with E-state index in [4.69, 9.17) is 0 Å². The number of aryl methyl sites for hydroxylation is 1. The van der Waals surface area contributed by atoms with Crippen molar-refractivity contribution in [3.8, 4) is 0 Å². The monoisotopic (exact) mass is 466 g/mol. The van der Waals surface area contributed by atoms with Crippen LogP contribution in [-0.4, -0.2) is 37.9 Å². The van der Waals surface area contributed by atoms with Gasteiger partial charge in [0.25, 0.3) is 0 Å². The normalized spacial score (nSPS) is 15.8. The lowest BCUT2D eigenvalue weighted by molar-refractivity contribution is -0.130. The molecule has 5 nitrogen and oxygen atoms in total. The highest BCUT2D eigenvalue weighted by molar-refractivity contribution is 7.99. The molecule has 0 spiro atoms. The lowest BCUT2D eigenvalue weighted by Gasteiger charge is -2.35. The Morgan fingerprint density at radius 2 is 1.97 bits per heavy atom. The molecule has 8 heteroatoms. The average Bonchev–Trinajstić information content (AvgIpc) is 3.55. The number of fused-ring (bicyclic) bond motifs is 1. The van der Waals surface area contributed by atoms with E-state index in [9.17, 15) is 4.79 Å². The highest BCUT2D eigenvalue weighted by Crippen LogP contribution is 2.39. The SMILES string of the molecule is Cc1nnc(SCC(=O)N2CCc3sccc3[C@H]2c2cccs2)n1Cc1ccccc1. The molecule has 1 amide bonds. The molecule has 1 aliphatic rings. The largest absolute Gasteiger partial charge is 0.330 e. The number of rotatable bonds is 6. The van der Waals surface area contributed by atoms with Crippen LogP contribution in [0.3, 0.4) is 0 Å². The van der Waals surface area contributed by atoms with E-state index >= 15 is 0 Å². The minimum atomic E-state index is 0.0204. The first-order chi connectivity index (χ1) is 15.2. The number of hydrogen-bond acceptors (Lipinski definition) is 6. The molecule has 4 heterocycles. The number of carbonyl (C=O) groups is 1. The molecule has 4 aromatic rings. The Balaban J connectivity index is 1.33. The second kappa shape index (κ2) is 8.98. The van der Waals surface area contributed by atoms with E-state index in [0.29, 0.717) is 12.3 Å². The molecule has 158 valence electrons. The summed E-state index contributed by atoms with van der Waals surface area (Å²) in [5, 5.41) is 13.6. The molecule has 3 aromatic heterocycles. The summed E-state index contributed by atoms with van der Waals surface area (Å²) >= 11 is 4.99. The number of nitrogens with zero attached hydrogens (tertiary/aromatic N) is 4. The zero-order valence-corrected chi connectivity index (χ0v) is 19.6. The van der Waals surface area contributed by atoms with E-state index in [1.54, 1.807) is 22.7 Å². The molecule has 1 atom stereocenters. The van der Waals surface area contributed by atoms with Crippen molar-refractivity contribution in [1.82, 2.24) is 19.7 Å². The lowest BCUT2D eigenvalue weighted by Crippen LogP contribution is -2.40. The molecule has 0 bridgehead atoms. The van der Waals surface area contributed by atoms with Gasteiger partial charge in [-0.1, -0.05) is 48.2 Å². The minimum Gasteiger partial charge on any atom is -0.330 e. The van der Waals surface area contributed by atoms with Crippen molar-refractivity contribution >= 4 is 40.3 Å². The fourth-order valence-corrected chi connectivity index (χ4v) is 6.59. The zero-order chi connectivity index (χ0) is 21.2. The molecule has 0 N–H and O–H groups in total. The smallest absolute Gasteiger partial charge is 0.233 e. The summed E-state index contributed by atoms with van der Waals surface area (Å²) in [5.41, 5.74) is 2.47. The van der Waals surface area contributed by atoms with Gasteiger partial charge in [-0.05, 0) is 47.4 Å². The van der Waals surface area contributed by atoms with Gasteiger partial charge in [-0.3, -0.25) is 4.79 Å². The van der Waals surface area contributed by atoms with Gasteiger partial charge >= 0.3 is 0 Å². The summed E-state index contributed by atoms with van der Waals surface area (Å²) in [5.74, 6) is 1.36. The van der Waals surface area contributed by atoms with E-state index in [-0.39, 0.29) is 11.9 Å². The van der Waals surface area contributed by atoms with Crippen LogP contribution in [0.25, 0.3) is 0 Å². The van der Waals surface area contributed by atoms with Crippen LogP contribution >= 0.6 is 34.4 Å². The number of thioether (sulfide) groups is 1. The van der Waals surface area contributed by atoms with Gasteiger partial charge in [-0.2, -0.15) is 0 Å². The van der Waals surface area contributed by atoms with Crippen molar-refractivity contribution in [3.05, 3.63) is 86.0 Å². The molecule has 0 unspecified atom stereocenters. The summed E-state index contributed by atoms with van der Waals surface area (Å²) in [6.45, 7) is 3.42. The predicted octanol–water partition coefficient (Wildman–Crippen LogP) is 5.02. The zero-order valence-electron chi connectivity index (χ0n) is 17.1. The first kappa shape index (κ1) is 20.5. The number of carbonyl (C=O) groups excluding carboxylic acids is 1. The number of hydrogen-bond donors (Lipinski definition) is 0. The van der Waals surface area contributed by atoms with E-state index in [1.807, 2.05) is 30.0 Å². The van der Waals surface area contributed by atoms with Crippen LogP contribution in [0.15, 0.2) is 64.4 Å². The van der Waals surface area contributed by atoms with Gasteiger partial charge in [-0.25, -0.2) is 0 Å². The van der Waals surface area contributed by atoms with Gasteiger partial charge in [0.1, 0.15) is 5.82 Å². The maximum Gasteiger partial charge on any atom is 0.233 e. The topological polar surface area (TPSA) is 51.0 Å². The molecule has 0 fully saturated rings. The fourth-order valence-electron chi connectivity index (χ4n) is 3.96. The molecule has 1 aliphatic heterocycles. The van der Waals surface area contributed by atoms with Crippen molar-refractivity contribution in [3.63, 3.8) is 0 Å². The summed E-state index contributed by atoms with van der Waals surface area (Å²) in [7, 11) is 0. The van der Waals surface area contributed by atoms with Gasteiger partial charge in [-0.15, -0.1) is 32.9 Å². The predicted molar refractivity (Wildman–Crippen MR) is 127 cm³/mol. The molecule has 0 saturated carbocycles. The first-order valence-corrected chi connectivity index (χ1v) is 12.9. The van der Waals surface area contributed by atoms with Crippen LogP contribution in [0, 0.1) is 6.92 Å². The number of aromatic nitrogens is 3. The van der Waals surface area contributed by atoms with Crippen molar-refractivity contribution in [2.75, 3.05) is 12.3 Å². The molecule has 31 heavy (non-hydrogen) atoms. The van der Waals surface area contributed by atoms with Gasteiger partial charge < -0.3 is 9.47 Å². The Kier molecular flexibility index (Phi) is 5.93. The number of thiophene rings is 2. The Morgan fingerprint density at radius 1 is 1.10 bits per heavy atom. The third-order valence-corrected chi connectivity index (χ3v) is 8.38. The van der Waals surface area contributed by atoms with Crippen molar-refractivity contribution in [1.29, 1.82) is 0 Å². The van der Waals surface area contributed by atoms with Crippen molar-refractivity contribution in [2.45, 2.75) is 31.1 Å². The van der Waals surface area contributed by atoms with Crippen LogP contribution < -0.4 is 0 Å². The fraction of sp³-hybridized carbons (Fsp3) is 0.261. The third-order valence-electron chi connectivity index (χ3n) is 5.51. The maximum atomic E-state index is 13.3. The maximum absolute atomic E-state index is 13.3.